The summed E-state index contributed by atoms with van der Waals surface area (Å²) in [5.74, 6) is 0. The van der Waals surface area contributed by atoms with Crippen LogP contribution in [0.2, 0.25) is 0 Å². The molecule has 0 spiro atoms. The van der Waals surface area contributed by atoms with E-state index in [1.807, 2.05) is 6.07 Å². The Balaban J connectivity index is 2.66. The lowest BCUT2D eigenvalue weighted by molar-refractivity contribution is -0.275. The van der Waals surface area contributed by atoms with E-state index in [0.717, 1.165) is 5.56 Å². The molecule has 0 aliphatic heterocycles. The summed E-state index contributed by atoms with van der Waals surface area (Å²) in [7, 11) is 1.46. The fourth-order valence-corrected chi connectivity index (χ4v) is 1.63. The molecule has 18 heavy (non-hydrogen) atoms. The van der Waals surface area contributed by atoms with Crippen molar-refractivity contribution >= 4 is 0 Å². The van der Waals surface area contributed by atoms with Gasteiger partial charge >= 0.3 is 6.18 Å². The molecule has 102 valence electrons. The van der Waals surface area contributed by atoms with Crippen LogP contribution in [0, 0.1) is 0 Å². The molecule has 3 nitrogen and oxygen atoms in total. The first-order valence-electron chi connectivity index (χ1n) is 5.41. The Kier molecular flexibility index (Phi) is 4.72. The number of hydrogen-bond donors (Lipinski definition) is 2. The molecule has 1 unspecified atom stereocenters. The van der Waals surface area contributed by atoms with E-state index >= 15 is 0 Å². The summed E-state index contributed by atoms with van der Waals surface area (Å²) in [4.78, 5) is 1.32. The van der Waals surface area contributed by atoms with Crippen molar-refractivity contribution < 1.29 is 23.4 Å². The molecule has 1 rings (SSSR count). The second-order valence-electron chi connectivity index (χ2n) is 4.35. The van der Waals surface area contributed by atoms with Crippen LogP contribution in [0.1, 0.15) is 5.56 Å². The molecule has 0 heterocycles. The van der Waals surface area contributed by atoms with Crippen molar-refractivity contribution in [3.05, 3.63) is 35.9 Å². The van der Waals surface area contributed by atoms with Crippen LogP contribution in [-0.4, -0.2) is 47.1 Å². The minimum Gasteiger partial charge on any atom is -0.393 e. The predicted octanol–water partition coefficient (Wildman–Crippen LogP) is 1.40. The highest BCUT2D eigenvalue weighted by molar-refractivity contribution is 5.14. The van der Waals surface area contributed by atoms with E-state index in [1.165, 1.54) is 11.9 Å². The van der Waals surface area contributed by atoms with Crippen molar-refractivity contribution in [2.45, 2.75) is 18.3 Å². The molecule has 2 N–H and O–H groups in total. The lowest BCUT2D eigenvalue weighted by Gasteiger charge is -2.32. The van der Waals surface area contributed by atoms with Crippen LogP contribution in [0.4, 0.5) is 13.2 Å². The summed E-state index contributed by atoms with van der Waals surface area (Å²) in [6.07, 6.45) is -4.85. The van der Waals surface area contributed by atoms with Crippen molar-refractivity contribution in [3.63, 3.8) is 0 Å². The van der Waals surface area contributed by atoms with E-state index in [2.05, 4.69) is 0 Å². The average molecular weight is 263 g/mol. The van der Waals surface area contributed by atoms with E-state index < -0.39 is 24.9 Å². The number of hydrogen-bond acceptors (Lipinski definition) is 3. The fraction of sp³-hybridized carbons (Fsp3) is 0.500. The highest BCUT2D eigenvalue weighted by Crippen LogP contribution is 2.30. The molecule has 0 bridgehead atoms. The van der Waals surface area contributed by atoms with Gasteiger partial charge in [0.05, 0.1) is 6.61 Å². The lowest BCUT2D eigenvalue weighted by Crippen LogP contribution is -2.55. The number of aliphatic hydroxyl groups excluding tert-OH is 1. The first kappa shape index (κ1) is 14.9. The molecule has 6 heteroatoms. The molecule has 0 saturated carbocycles. The summed E-state index contributed by atoms with van der Waals surface area (Å²) >= 11 is 0. The van der Waals surface area contributed by atoms with E-state index in [9.17, 15) is 18.3 Å². The second-order valence-corrected chi connectivity index (χ2v) is 4.35. The van der Waals surface area contributed by atoms with Crippen LogP contribution >= 0.6 is 0 Å². The second kappa shape index (κ2) is 5.69. The number of nitrogens with zero attached hydrogens (tertiary/aromatic N) is 1. The smallest absolute Gasteiger partial charge is 0.393 e. The molecule has 0 radical (unpaired) electrons. The van der Waals surface area contributed by atoms with Gasteiger partial charge in [0, 0.05) is 13.1 Å². The van der Waals surface area contributed by atoms with Crippen molar-refractivity contribution in [3.8, 4) is 0 Å². The van der Waals surface area contributed by atoms with Gasteiger partial charge in [-0.05, 0) is 12.6 Å². The summed E-state index contributed by atoms with van der Waals surface area (Å²) in [6, 6.07) is 8.93. The molecule has 0 saturated heterocycles. The Labute approximate surface area is 103 Å². The molecular weight excluding hydrogens is 247 g/mol. The van der Waals surface area contributed by atoms with Crippen LogP contribution in [0.5, 0.6) is 0 Å². The quantitative estimate of drug-likeness (QED) is 0.844. The molecular formula is C12H16F3NO2. The van der Waals surface area contributed by atoms with E-state index in [1.54, 1.807) is 24.3 Å². The number of benzene rings is 1. The monoisotopic (exact) mass is 263 g/mol. The zero-order valence-corrected chi connectivity index (χ0v) is 9.98. The topological polar surface area (TPSA) is 43.7 Å². The Hall–Kier alpha value is -1.11. The average Bonchev–Trinajstić information content (AvgIpc) is 2.28. The summed E-state index contributed by atoms with van der Waals surface area (Å²) in [5, 5.41) is 18.1. The van der Waals surface area contributed by atoms with Crippen LogP contribution in [-0.2, 0) is 6.54 Å². The van der Waals surface area contributed by atoms with Crippen molar-refractivity contribution in [2.24, 2.45) is 0 Å². The summed E-state index contributed by atoms with van der Waals surface area (Å²) < 4.78 is 37.7. The molecule has 0 fully saturated rings. The van der Waals surface area contributed by atoms with Gasteiger partial charge in [0.1, 0.15) is 0 Å². The SMILES string of the molecule is CN(Cc1ccccc1)CC(O)(CO)C(F)(F)F. The number of halogens is 3. The normalized spacial score (nSPS) is 15.7. The maximum absolute atomic E-state index is 12.6. The number of likely N-dealkylation sites (N-methyl/N-ethyl adjacent to an activating group) is 1. The fourth-order valence-electron chi connectivity index (χ4n) is 1.63. The Morgan fingerprint density at radius 1 is 1.17 bits per heavy atom. The Bertz CT molecular complexity index is 369. The van der Waals surface area contributed by atoms with Gasteiger partial charge in [-0.1, -0.05) is 30.3 Å². The van der Waals surface area contributed by atoms with Gasteiger partial charge in [-0.25, -0.2) is 0 Å². The van der Waals surface area contributed by atoms with Gasteiger partial charge in [-0.3, -0.25) is 4.90 Å². The maximum Gasteiger partial charge on any atom is 0.420 e. The molecule has 1 aromatic rings. The van der Waals surface area contributed by atoms with Crippen LogP contribution in [0.3, 0.4) is 0 Å². The first-order chi connectivity index (χ1) is 8.28. The number of rotatable bonds is 5. The molecule has 1 aromatic carbocycles. The van der Waals surface area contributed by atoms with Crippen LogP contribution in [0.15, 0.2) is 30.3 Å². The van der Waals surface area contributed by atoms with Crippen molar-refractivity contribution in [1.29, 1.82) is 0 Å². The van der Waals surface area contributed by atoms with Crippen molar-refractivity contribution in [2.75, 3.05) is 20.2 Å². The summed E-state index contributed by atoms with van der Waals surface area (Å²) in [5.41, 5.74) is -2.25. The number of alkyl halides is 3. The lowest BCUT2D eigenvalue weighted by atomic mass is 10.0. The summed E-state index contributed by atoms with van der Waals surface area (Å²) in [6.45, 7) is -1.77. The van der Waals surface area contributed by atoms with Gasteiger partial charge in [0.15, 0.2) is 5.60 Å². The maximum atomic E-state index is 12.6. The number of aliphatic hydroxyl groups is 2. The van der Waals surface area contributed by atoms with E-state index in [4.69, 9.17) is 5.11 Å². The Morgan fingerprint density at radius 2 is 1.72 bits per heavy atom. The Morgan fingerprint density at radius 3 is 2.17 bits per heavy atom. The van der Waals surface area contributed by atoms with E-state index in [0.29, 0.717) is 0 Å². The third kappa shape index (κ3) is 3.69. The van der Waals surface area contributed by atoms with Gasteiger partial charge in [0.25, 0.3) is 0 Å². The highest BCUT2D eigenvalue weighted by atomic mass is 19.4. The third-order valence-electron chi connectivity index (χ3n) is 2.62. The zero-order chi connectivity index (χ0) is 13.8. The van der Waals surface area contributed by atoms with Gasteiger partial charge in [-0.2, -0.15) is 13.2 Å². The van der Waals surface area contributed by atoms with Gasteiger partial charge in [-0.15, -0.1) is 0 Å². The molecule has 0 aliphatic carbocycles. The minimum atomic E-state index is -4.85. The van der Waals surface area contributed by atoms with Crippen LogP contribution < -0.4 is 0 Å². The predicted molar refractivity (Wildman–Crippen MR) is 60.9 cm³/mol. The van der Waals surface area contributed by atoms with E-state index in [-0.39, 0.29) is 6.54 Å². The van der Waals surface area contributed by atoms with Gasteiger partial charge < -0.3 is 10.2 Å². The third-order valence-corrected chi connectivity index (χ3v) is 2.62. The first-order valence-corrected chi connectivity index (χ1v) is 5.41. The highest BCUT2D eigenvalue weighted by Gasteiger charge is 2.53. The van der Waals surface area contributed by atoms with Gasteiger partial charge in [0.2, 0.25) is 0 Å². The zero-order valence-electron chi connectivity index (χ0n) is 9.98. The molecule has 0 amide bonds. The van der Waals surface area contributed by atoms with Crippen molar-refractivity contribution in [1.82, 2.24) is 4.90 Å². The standard InChI is InChI=1S/C12H16F3NO2/c1-16(7-10-5-3-2-4-6-10)8-11(18,9-17)12(13,14)15/h2-6,17-18H,7-9H2,1H3. The molecule has 1 atom stereocenters. The molecule has 0 aromatic heterocycles. The largest absolute Gasteiger partial charge is 0.420 e. The van der Waals surface area contributed by atoms with Crippen LogP contribution in [0.25, 0.3) is 0 Å². The minimum absolute atomic E-state index is 0.263. The molecule has 0 aliphatic rings.